The number of methoxy groups -OCH3 is 1. The molecule has 1 aliphatic heterocycles. The molecule has 2 heterocycles. The molecular formula is C28H26N4O3S. The number of thioether (sulfide) groups is 1. The van der Waals surface area contributed by atoms with Crippen molar-refractivity contribution in [3.05, 3.63) is 95.5 Å². The molecule has 7 nitrogen and oxygen atoms in total. The number of carbonyl (C=O) groups excluding carboxylic acids is 1. The van der Waals surface area contributed by atoms with Crippen LogP contribution in [0.3, 0.4) is 0 Å². The number of aromatic nitrogens is 2. The van der Waals surface area contributed by atoms with Gasteiger partial charge in [0.15, 0.2) is 0 Å². The van der Waals surface area contributed by atoms with Crippen LogP contribution in [-0.4, -0.2) is 29.5 Å². The smallest absolute Gasteiger partial charge is 0.326 e. The highest BCUT2D eigenvalue weighted by atomic mass is 32.2. The van der Waals surface area contributed by atoms with Crippen molar-refractivity contribution < 1.29 is 14.1 Å². The number of anilines is 1. The van der Waals surface area contributed by atoms with E-state index in [1.54, 1.807) is 23.8 Å². The van der Waals surface area contributed by atoms with Crippen molar-refractivity contribution >= 4 is 29.1 Å². The molecule has 0 fully saturated rings. The van der Waals surface area contributed by atoms with Crippen molar-refractivity contribution in [2.24, 2.45) is 0 Å². The van der Waals surface area contributed by atoms with Crippen LogP contribution in [0.15, 0.2) is 87.9 Å². The number of carbonyl (C=O) groups is 1. The summed E-state index contributed by atoms with van der Waals surface area (Å²) in [6.07, 6.45) is 2.02. The van der Waals surface area contributed by atoms with E-state index in [9.17, 15) is 4.79 Å². The van der Waals surface area contributed by atoms with E-state index in [4.69, 9.17) is 14.2 Å². The van der Waals surface area contributed by atoms with E-state index in [1.165, 1.54) is 0 Å². The fourth-order valence-corrected chi connectivity index (χ4v) is 4.69. The van der Waals surface area contributed by atoms with Gasteiger partial charge in [-0.15, -0.1) is 11.8 Å². The Morgan fingerprint density at radius 3 is 2.47 bits per heavy atom. The summed E-state index contributed by atoms with van der Waals surface area (Å²) < 4.78 is 11.1. The minimum Gasteiger partial charge on any atom is -0.497 e. The Morgan fingerprint density at radius 1 is 1.03 bits per heavy atom. The molecule has 0 saturated carbocycles. The summed E-state index contributed by atoms with van der Waals surface area (Å²) in [7, 11) is 1.62. The minimum absolute atomic E-state index is 0.216. The Bertz CT molecular complexity index is 1430. The van der Waals surface area contributed by atoms with Crippen LogP contribution in [0, 0.1) is 6.92 Å². The van der Waals surface area contributed by atoms with Crippen LogP contribution in [-0.2, 0) is 0 Å². The standard InChI is InChI=1S/C28H26N4O3S/c1-17-8-10-19(11-9-17)25-24(27-30-26(31-35-27)20-6-5-7-22(16-20)34-3)18(2)32(28(33)29-25)21-12-14-23(36-4)15-13-21/h5-16,25H,1-4H3,(H,29,33). The summed E-state index contributed by atoms with van der Waals surface area (Å²) in [5, 5.41) is 7.40. The summed E-state index contributed by atoms with van der Waals surface area (Å²) in [5.74, 6) is 1.50. The van der Waals surface area contributed by atoms with Gasteiger partial charge in [0.2, 0.25) is 5.82 Å². The lowest BCUT2D eigenvalue weighted by Gasteiger charge is -2.35. The third kappa shape index (κ3) is 4.47. The van der Waals surface area contributed by atoms with E-state index in [2.05, 4.69) is 10.5 Å². The highest BCUT2D eigenvalue weighted by Gasteiger charge is 2.36. The summed E-state index contributed by atoms with van der Waals surface area (Å²) in [6, 6.07) is 22.8. The number of nitrogens with zero attached hydrogens (tertiary/aromatic N) is 3. The van der Waals surface area contributed by atoms with E-state index in [1.807, 2.05) is 92.9 Å². The summed E-state index contributed by atoms with van der Waals surface area (Å²) in [6.45, 7) is 3.94. The SMILES string of the molecule is COc1cccc(-c2noc(C3=C(C)N(c4ccc(SC)cc4)C(=O)NC3c3ccc(C)cc3)n2)c1. The number of benzene rings is 3. The fraction of sp³-hybridized carbons (Fsp3) is 0.179. The molecule has 2 amide bonds. The number of hydrogen-bond acceptors (Lipinski definition) is 6. The first-order valence-electron chi connectivity index (χ1n) is 11.5. The van der Waals surface area contributed by atoms with Crippen LogP contribution >= 0.6 is 11.8 Å². The summed E-state index contributed by atoms with van der Waals surface area (Å²) in [4.78, 5) is 20.9. The highest BCUT2D eigenvalue weighted by molar-refractivity contribution is 7.98. The predicted molar refractivity (Wildman–Crippen MR) is 142 cm³/mol. The van der Waals surface area contributed by atoms with E-state index in [0.717, 1.165) is 38.5 Å². The third-order valence-electron chi connectivity index (χ3n) is 6.21. The number of allylic oxidation sites excluding steroid dienone is 1. The van der Waals surface area contributed by atoms with Gasteiger partial charge in [0.25, 0.3) is 5.89 Å². The number of ether oxygens (including phenoxy) is 1. The predicted octanol–water partition coefficient (Wildman–Crippen LogP) is 6.48. The van der Waals surface area contributed by atoms with Crippen LogP contribution in [0.25, 0.3) is 17.0 Å². The van der Waals surface area contributed by atoms with Crippen molar-refractivity contribution in [1.29, 1.82) is 0 Å². The van der Waals surface area contributed by atoms with Crippen molar-refractivity contribution in [3.8, 4) is 17.1 Å². The van der Waals surface area contributed by atoms with Gasteiger partial charge < -0.3 is 14.6 Å². The van der Waals surface area contributed by atoms with E-state index in [-0.39, 0.29) is 6.03 Å². The first-order chi connectivity index (χ1) is 17.5. The van der Waals surface area contributed by atoms with Gasteiger partial charge in [0.05, 0.1) is 24.4 Å². The number of nitrogens with one attached hydrogen (secondary N) is 1. The van der Waals surface area contributed by atoms with Gasteiger partial charge in [0.1, 0.15) is 5.75 Å². The highest BCUT2D eigenvalue weighted by Crippen LogP contribution is 2.39. The Morgan fingerprint density at radius 2 is 1.78 bits per heavy atom. The van der Waals surface area contributed by atoms with Gasteiger partial charge in [-0.3, -0.25) is 4.90 Å². The molecule has 5 rings (SSSR count). The fourth-order valence-electron chi connectivity index (χ4n) is 4.28. The number of amides is 2. The van der Waals surface area contributed by atoms with Crippen molar-refractivity contribution in [2.75, 3.05) is 18.3 Å². The van der Waals surface area contributed by atoms with Gasteiger partial charge in [-0.1, -0.05) is 47.1 Å². The van der Waals surface area contributed by atoms with E-state index in [0.29, 0.717) is 17.5 Å². The van der Waals surface area contributed by atoms with Gasteiger partial charge >= 0.3 is 6.03 Å². The summed E-state index contributed by atoms with van der Waals surface area (Å²) >= 11 is 1.65. The molecular weight excluding hydrogens is 472 g/mol. The first kappa shape index (κ1) is 23.7. The monoisotopic (exact) mass is 498 g/mol. The van der Waals surface area contributed by atoms with Crippen molar-refractivity contribution in [1.82, 2.24) is 15.5 Å². The molecule has 1 N–H and O–H groups in total. The van der Waals surface area contributed by atoms with E-state index < -0.39 is 6.04 Å². The number of aryl methyl sites for hydroxylation is 1. The quantitative estimate of drug-likeness (QED) is 0.307. The Hall–Kier alpha value is -4.04. The summed E-state index contributed by atoms with van der Waals surface area (Å²) in [5.41, 5.74) is 5.07. The van der Waals surface area contributed by atoms with Gasteiger partial charge in [-0.25, -0.2) is 4.79 Å². The van der Waals surface area contributed by atoms with Crippen LogP contribution in [0.5, 0.6) is 5.75 Å². The maximum Gasteiger partial charge on any atom is 0.326 e. The molecule has 1 unspecified atom stereocenters. The topological polar surface area (TPSA) is 80.5 Å². The normalized spacial score (nSPS) is 15.7. The molecule has 8 heteroatoms. The molecule has 4 aromatic rings. The Labute approximate surface area is 214 Å². The second kappa shape index (κ2) is 9.91. The molecule has 3 aromatic carbocycles. The van der Waals surface area contributed by atoms with Crippen LogP contribution in [0.4, 0.5) is 10.5 Å². The van der Waals surface area contributed by atoms with E-state index >= 15 is 0 Å². The van der Waals surface area contributed by atoms with Crippen molar-refractivity contribution in [3.63, 3.8) is 0 Å². The van der Waals surface area contributed by atoms with Gasteiger partial charge in [-0.05, 0) is 62.1 Å². The molecule has 0 radical (unpaired) electrons. The lowest BCUT2D eigenvalue weighted by molar-refractivity contribution is 0.244. The molecule has 0 aliphatic carbocycles. The number of urea groups is 1. The van der Waals surface area contributed by atoms with Gasteiger partial charge in [0, 0.05) is 16.2 Å². The average Bonchev–Trinajstić information content (AvgIpc) is 3.39. The van der Waals surface area contributed by atoms with Crippen molar-refractivity contribution in [2.45, 2.75) is 24.8 Å². The maximum absolute atomic E-state index is 13.4. The van der Waals surface area contributed by atoms with Crippen LogP contribution < -0.4 is 15.0 Å². The zero-order chi connectivity index (χ0) is 25.2. The second-order valence-electron chi connectivity index (χ2n) is 8.48. The zero-order valence-corrected chi connectivity index (χ0v) is 21.3. The third-order valence-corrected chi connectivity index (χ3v) is 6.95. The largest absolute Gasteiger partial charge is 0.497 e. The molecule has 0 saturated heterocycles. The zero-order valence-electron chi connectivity index (χ0n) is 20.5. The number of hydrogen-bond donors (Lipinski definition) is 1. The van der Waals surface area contributed by atoms with Crippen LogP contribution in [0.2, 0.25) is 0 Å². The lowest BCUT2D eigenvalue weighted by Crippen LogP contribution is -2.46. The Kier molecular flexibility index (Phi) is 6.52. The maximum atomic E-state index is 13.4. The Balaban J connectivity index is 1.63. The van der Waals surface area contributed by atoms with Gasteiger partial charge in [-0.2, -0.15) is 4.98 Å². The minimum atomic E-state index is -0.446. The molecule has 36 heavy (non-hydrogen) atoms. The molecule has 1 aromatic heterocycles. The molecule has 0 bridgehead atoms. The molecule has 0 spiro atoms. The molecule has 1 atom stereocenters. The molecule has 182 valence electrons. The molecule has 1 aliphatic rings. The lowest BCUT2D eigenvalue weighted by atomic mass is 9.94. The number of rotatable bonds is 6. The van der Waals surface area contributed by atoms with Crippen LogP contribution in [0.1, 0.15) is 30.0 Å². The average molecular weight is 499 g/mol. The second-order valence-corrected chi connectivity index (χ2v) is 9.36. The first-order valence-corrected chi connectivity index (χ1v) is 12.7.